The van der Waals surface area contributed by atoms with Gasteiger partial charge in [-0.2, -0.15) is 0 Å². The fourth-order valence-electron chi connectivity index (χ4n) is 3.07. The molecule has 0 radical (unpaired) electrons. The molecule has 4 rings (SSSR count). The molecule has 1 heterocycles. The Hall–Kier alpha value is -1.89. The van der Waals surface area contributed by atoms with Gasteiger partial charge in [-0.25, -0.2) is 0 Å². The molecule has 0 fully saturated rings. The van der Waals surface area contributed by atoms with Crippen molar-refractivity contribution < 1.29 is 44.2 Å². The molecular weight excluding hydrogens is 471 g/mol. The Labute approximate surface area is 209 Å². The summed E-state index contributed by atoms with van der Waals surface area (Å²) < 4.78 is 7.11. The van der Waals surface area contributed by atoms with Crippen LogP contribution >= 0.6 is 27.3 Å². The van der Waals surface area contributed by atoms with E-state index in [9.17, 15) is 9.90 Å². The molecule has 0 atom stereocenters. The third-order valence-electron chi connectivity index (χ3n) is 4.52. The van der Waals surface area contributed by atoms with E-state index in [1.165, 1.54) is 0 Å². The first-order valence-electron chi connectivity index (χ1n) is 8.98. The number of carbonyl (C=O) groups excluding carboxylic acids is 1. The molecule has 1 aromatic heterocycles. The number of hydrogen-bond donors (Lipinski definition) is 0. The first-order valence-corrected chi connectivity index (χ1v) is 10.6. The first-order chi connectivity index (χ1) is 14.1. The number of ether oxygens (including phenoxy) is 1. The summed E-state index contributed by atoms with van der Waals surface area (Å²) in [6.07, 6.45) is 0. The monoisotopic (exact) mass is 486 g/mol. The van der Waals surface area contributed by atoms with E-state index in [0.717, 1.165) is 37.4 Å². The average molecular weight is 487 g/mol. The molecule has 0 saturated heterocycles. The van der Waals surface area contributed by atoms with E-state index in [1.807, 2.05) is 60.0 Å². The topological polar surface area (TPSA) is 49.4 Å². The van der Waals surface area contributed by atoms with Crippen LogP contribution in [0, 0.1) is 0 Å². The van der Waals surface area contributed by atoms with Crippen molar-refractivity contribution in [3.05, 3.63) is 99.8 Å². The summed E-state index contributed by atoms with van der Waals surface area (Å²) in [6, 6.07) is 24.8. The van der Waals surface area contributed by atoms with Crippen LogP contribution in [0.25, 0.3) is 21.6 Å². The van der Waals surface area contributed by atoms with Gasteiger partial charge in [-0.15, -0.1) is 11.3 Å². The number of benzene rings is 3. The Kier molecular flexibility index (Phi) is 7.92. The van der Waals surface area contributed by atoms with Crippen molar-refractivity contribution in [1.82, 2.24) is 0 Å². The second kappa shape index (κ2) is 10.4. The van der Waals surface area contributed by atoms with Gasteiger partial charge in [0.25, 0.3) is 0 Å². The molecule has 0 aliphatic rings. The number of carboxylic acid groups (broad SMARTS) is 1. The van der Waals surface area contributed by atoms with E-state index in [4.69, 9.17) is 4.74 Å². The van der Waals surface area contributed by atoms with Crippen molar-refractivity contribution in [2.75, 3.05) is 0 Å². The smallest absolute Gasteiger partial charge is 0.545 e. The zero-order valence-electron chi connectivity index (χ0n) is 16.3. The number of rotatable bonds is 6. The van der Waals surface area contributed by atoms with Crippen molar-refractivity contribution in [3.63, 3.8) is 0 Å². The maximum Gasteiger partial charge on any atom is 1.00 e. The van der Waals surface area contributed by atoms with Gasteiger partial charge in [-0.1, -0.05) is 70.5 Å². The summed E-state index contributed by atoms with van der Waals surface area (Å²) >= 11 is 5.18. The molecule has 4 aromatic rings. The fraction of sp³-hybridized carbons (Fsp3) is 0.0417. The molecule has 0 unspecified atom stereocenters. The van der Waals surface area contributed by atoms with Gasteiger partial charge in [-0.05, 0) is 46.3 Å². The maximum absolute atomic E-state index is 11.0. The van der Waals surface area contributed by atoms with Gasteiger partial charge in [0.1, 0.15) is 12.4 Å². The molecule has 0 spiro atoms. The third kappa shape index (κ3) is 5.23. The predicted octanol–water partition coefficient (Wildman–Crippen LogP) is 2.79. The standard InChI is InChI=1S/C24H17BrO3S.Na/c25-19-10-11-22(28-15-16-4-2-1-3-5-16)21(14-19)23-20(12-13-29-23)17-6-8-18(9-7-17)24(26)27;/h1-14H,15H2,(H,26,27);/q;+1/p-1. The van der Waals surface area contributed by atoms with Crippen molar-refractivity contribution in [2.45, 2.75) is 6.61 Å². The van der Waals surface area contributed by atoms with Crippen LogP contribution in [-0.4, -0.2) is 5.97 Å². The number of aromatic carboxylic acids is 1. The van der Waals surface area contributed by atoms with Crippen LogP contribution in [0.2, 0.25) is 0 Å². The van der Waals surface area contributed by atoms with Crippen LogP contribution in [0.5, 0.6) is 5.75 Å². The Bertz CT molecular complexity index is 1140. The van der Waals surface area contributed by atoms with Crippen molar-refractivity contribution in [3.8, 4) is 27.3 Å². The second-order valence-corrected chi connectivity index (χ2v) is 8.27. The molecular formula is C24H16BrNaO3S. The summed E-state index contributed by atoms with van der Waals surface area (Å²) in [6.45, 7) is 0.483. The predicted molar refractivity (Wildman–Crippen MR) is 118 cm³/mol. The molecule has 0 aliphatic carbocycles. The van der Waals surface area contributed by atoms with E-state index in [2.05, 4.69) is 15.9 Å². The van der Waals surface area contributed by atoms with Crippen molar-refractivity contribution in [1.29, 1.82) is 0 Å². The van der Waals surface area contributed by atoms with Gasteiger partial charge in [0.05, 0.1) is 5.97 Å². The van der Waals surface area contributed by atoms with Crippen LogP contribution in [0.3, 0.4) is 0 Å². The molecule has 6 heteroatoms. The number of halogens is 1. The Morgan fingerprint density at radius 1 is 0.933 bits per heavy atom. The molecule has 0 bridgehead atoms. The van der Waals surface area contributed by atoms with Crippen LogP contribution in [0.1, 0.15) is 15.9 Å². The minimum atomic E-state index is -1.18. The van der Waals surface area contributed by atoms with Crippen molar-refractivity contribution >= 4 is 33.2 Å². The SMILES string of the molecule is O=C([O-])c1ccc(-c2ccsc2-c2cc(Br)ccc2OCc2ccccc2)cc1.[Na+]. The van der Waals surface area contributed by atoms with Gasteiger partial charge in [0.15, 0.2) is 0 Å². The zero-order chi connectivity index (χ0) is 20.2. The van der Waals surface area contributed by atoms with Crippen LogP contribution in [-0.2, 0) is 6.61 Å². The molecule has 0 aliphatic heterocycles. The van der Waals surface area contributed by atoms with Gasteiger partial charge >= 0.3 is 29.6 Å². The molecule has 30 heavy (non-hydrogen) atoms. The van der Waals surface area contributed by atoms with Crippen LogP contribution in [0.15, 0.2) is 88.7 Å². The number of thiophene rings is 1. The Balaban J connectivity index is 0.00000256. The van der Waals surface area contributed by atoms with Crippen molar-refractivity contribution in [2.24, 2.45) is 0 Å². The van der Waals surface area contributed by atoms with E-state index < -0.39 is 5.97 Å². The maximum atomic E-state index is 11.0. The molecule has 3 nitrogen and oxygen atoms in total. The second-order valence-electron chi connectivity index (χ2n) is 6.44. The number of carboxylic acids is 1. The van der Waals surface area contributed by atoms with E-state index in [-0.39, 0.29) is 35.1 Å². The summed E-state index contributed by atoms with van der Waals surface area (Å²) in [5, 5.41) is 13.1. The summed E-state index contributed by atoms with van der Waals surface area (Å²) in [4.78, 5) is 12.1. The van der Waals surface area contributed by atoms with Gasteiger partial charge < -0.3 is 14.6 Å². The minimum Gasteiger partial charge on any atom is -0.545 e. The number of hydrogen-bond acceptors (Lipinski definition) is 4. The van der Waals surface area contributed by atoms with E-state index in [0.29, 0.717) is 6.61 Å². The molecule has 0 N–H and O–H groups in total. The largest absolute Gasteiger partial charge is 1.00 e. The minimum absolute atomic E-state index is 0. The zero-order valence-corrected chi connectivity index (χ0v) is 20.7. The fourth-order valence-corrected chi connectivity index (χ4v) is 4.37. The van der Waals surface area contributed by atoms with Crippen LogP contribution in [0.4, 0.5) is 0 Å². The molecule has 3 aromatic carbocycles. The molecule has 0 saturated carbocycles. The molecule has 144 valence electrons. The Morgan fingerprint density at radius 3 is 2.37 bits per heavy atom. The normalized spacial score (nSPS) is 10.3. The van der Waals surface area contributed by atoms with Gasteiger partial charge in [0.2, 0.25) is 0 Å². The van der Waals surface area contributed by atoms with E-state index in [1.54, 1.807) is 35.6 Å². The first kappa shape index (κ1) is 22.8. The van der Waals surface area contributed by atoms with Gasteiger partial charge in [0, 0.05) is 20.5 Å². The van der Waals surface area contributed by atoms with Gasteiger partial charge in [-0.3, -0.25) is 0 Å². The quantitative estimate of drug-likeness (QED) is 0.393. The average Bonchev–Trinajstić information content (AvgIpc) is 3.23. The Morgan fingerprint density at radius 2 is 1.67 bits per heavy atom. The van der Waals surface area contributed by atoms with Crippen LogP contribution < -0.4 is 39.4 Å². The summed E-state index contributed by atoms with van der Waals surface area (Å²) in [5.74, 6) is -0.377. The number of carbonyl (C=O) groups is 1. The molecule has 0 amide bonds. The summed E-state index contributed by atoms with van der Waals surface area (Å²) in [7, 11) is 0. The third-order valence-corrected chi connectivity index (χ3v) is 5.96. The summed E-state index contributed by atoms with van der Waals surface area (Å²) in [5.41, 5.74) is 4.23. The van der Waals surface area contributed by atoms with E-state index >= 15 is 0 Å².